The molecule has 3 aromatic carbocycles. The Kier molecular flexibility index (Phi) is 7.18. The minimum Gasteiger partial charge on any atom is -0.325 e. The van der Waals surface area contributed by atoms with Crippen LogP contribution in [-0.4, -0.2) is 20.1 Å². The first-order chi connectivity index (χ1) is 14.3. The van der Waals surface area contributed by atoms with Crippen LogP contribution in [0.2, 0.25) is 0 Å². The summed E-state index contributed by atoms with van der Waals surface area (Å²) in [5.41, 5.74) is 4.46. The predicted molar refractivity (Wildman–Crippen MR) is 124 cm³/mol. The van der Waals surface area contributed by atoms with E-state index >= 15 is 0 Å². The number of sulfonamides is 1. The van der Waals surface area contributed by atoms with Gasteiger partial charge in [-0.2, -0.15) is 0 Å². The average molecular weight is 441 g/mol. The van der Waals surface area contributed by atoms with Gasteiger partial charge in [0.2, 0.25) is 5.91 Å². The molecule has 1 amide bonds. The summed E-state index contributed by atoms with van der Waals surface area (Å²) < 4.78 is 27.7. The molecule has 0 spiro atoms. The molecule has 0 heterocycles. The Hall–Kier alpha value is -2.77. The van der Waals surface area contributed by atoms with Gasteiger partial charge in [-0.1, -0.05) is 36.4 Å². The van der Waals surface area contributed by atoms with Crippen LogP contribution in [0.5, 0.6) is 0 Å². The fourth-order valence-electron chi connectivity index (χ4n) is 2.86. The number of carbonyl (C=O) groups excluding carboxylic acids is 1. The van der Waals surface area contributed by atoms with Crippen molar-refractivity contribution in [1.82, 2.24) is 0 Å². The van der Waals surface area contributed by atoms with Crippen LogP contribution >= 0.6 is 11.8 Å². The Morgan fingerprint density at radius 1 is 0.900 bits per heavy atom. The van der Waals surface area contributed by atoms with E-state index < -0.39 is 10.0 Å². The zero-order valence-electron chi connectivity index (χ0n) is 16.9. The molecule has 0 radical (unpaired) electrons. The summed E-state index contributed by atoms with van der Waals surface area (Å²) in [7, 11) is -3.69. The van der Waals surface area contributed by atoms with Gasteiger partial charge in [0.15, 0.2) is 0 Å². The Morgan fingerprint density at radius 2 is 1.63 bits per heavy atom. The van der Waals surface area contributed by atoms with Crippen molar-refractivity contribution in [3.8, 4) is 0 Å². The Morgan fingerprint density at radius 3 is 2.33 bits per heavy atom. The molecule has 7 heteroatoms. The molecule has 0 bridgehead atoms. The van der Waals surface area contributed by atoms with Crippen LogP contribution in [0, 0.1) is 13.8 Å². The Balaban J connectivity index is 1.54. The number of anilines is 2. The van der Waals surface area contributed by atoms with Gasteiger partial charge in [0.05, 0.1) is 10.6 Å². The number of nitrogens with one attached hydrogen (secondary N) is 2. The van der Waals surface area contributed by atoms with E-state index in [0.29, 0.717) is 17.1 Å². The highest BCUT2D eigenvalue weighted by atomic mass is 32.2. The second kappa shape index (κ2) is 9.82. The van der Waals surface area contributed by atoms with Gasteiger partial charge < -0.3 is 5.32 Å². The molecule has 3 aromatic rings. The van der Waals surface area contributed by atoms with E-state index in [4.69, 9.17) is 0 Å². The van der Waals surface area contributed by atoms with Crippen LogP contribution in [0.4, 0.5) is 11.4 Å². The van der Waals surface area contributed by atoms with Crippen LogP contribution in [0.15, 0.2) is 77.7 Å². The fourth-order valence-corrected chi connectivity index (χ4v) is 4.82. The van der Waals surface area contributed by atoms with Crippen molar-refractivity contribution in [2.45, 2.75) is 24.5 Å². The summed E-state index contributed by atoms with van der Waals surface area (Å²) in [6.07, 6.45) is 0. The number of aryl methyl sites for hydroxylation is 2. The summed E-state index contributed by atoms with van der Waals surface area (Å²) in [6.45, 7) is 3.95. The summed E-state index contributed by atoms with van der Waals surface area (Å²) in [6, 6.07) is 21.4. The molecule has 0 aromatic heterocycles. The molecule has 0 fully saturated rings. The molecule has 0 atom stereocenters. The smallest absolute Gasteiger partial charge is 0.261 e. The molecule has 30 heavy (non-hydrogen) atoms. The molecule has 0 saturated heterocycles. The highest BCUT2D eigenvalue weighted by Crippen LogP contribution is 2.20. The largest absolute Gasteiger partial charge is 0.325 e. The van der Waals surface area contributed by atoms with Gasteiger partial charge in [0.1, 0.15) is 0 Å². The van der Waals surface area contributed by atoms with E-state index in [1.165, 1.54) is 35.0 Å². The van der Waals surface area contributed by atoms with E-state index in [2.05, 4.69) is 29.1 Å². The minimum atomic E-state index is -3.69. The maximum absolute atomic E-state index is 12.5. The molecule has 0 saturated carbocycles. The highest BCUT2D eigenvalue weighted by Gasteiger charge is 2.14. The summed E-state index contributed by atoms with van der Waals surface area (Å²) >= 11 is 1.54. The maximum atomic E-state index is 12.5. The number of thioether (sulfide) groups is 1. The molecule has 0 aliphatic heterocycles. The third-order valence-corrected chi connectivity index (χ3v) is 6.85. The predicted octanol–water partition coefficient (Wildman–Crippen LogP) is 4.98. The van der Waals surface area contributed by atoms with Gasteiger partial charge in [-0.05, 0) is 66.9 Å². The first-order valence-electron chi connectivity index (χ1n) is 9.45. The summed E-state index contributed by atoms with van der Waals surface area (Å²) in [5.74, 6) is 0.965. The van der Waals surface area contributed by atoms with Crippen LogP contribution in [0.3, 0.4) is 0 Å². The second-order valence-electron chi connectivity index (χ2n) is 6.97. The van der Waals surface area contributed by atoms with Crippen LogP contribution in [-0.2, 0) is 20.6 Å². The van der Waals surface area contributed by atoms with Gasteiger partial charge in [-0.3, -0.25) is 9.52 Å². The summed E-state index contributed by atoms with van der Waals surface area (Å²) in [5, 5.41) is 2.80. The summed E-state index contributed by atoms with van der Waals surface area (Å²) in [4.78, 5) is 12.3. The molecule has 2 N–H and O–H groups in total. The first kappa shape index (κ1) is 21.9. The quantitative estimate of drug-likeness (QED) is 0.518. The van der Waals surface area contributed by atoms with Crippen molar-refractivity contribution in [2.24, 2.45) is 0 Å². The first-order valence-corrected chi connectivity index (χ1v) is 12.1. The second-order valence-corrected chi connectivity index (χ2v) is 9.63. The van der Waals surface area contributed by atoms with Crippen LogP contribution < -0.4 is 10.0 Å². The van der Waals surface area contributed by atoms with Crippen molar-refractivity contribution < 1.29 is 13.2 Å². The lowest BCUT2D eigenvalue weighted by Crippen LogP contribution is -2.15. The number of hydrogen-bond acceptors (Lipinski definition) is 4. The van der Waals surface area contributed by atoms with E-state index in [-0.39, 0.29) is 10.8 Å². The maximum Gasteiger partial charge on any atom is 0.261 e. The van der Waals surface area contributed by atoms with Gasteiger partial charge in [0, 0.05) is 17.1 Å². The molecular weight excluding hydrogens is 416 g/mol. The molecule has 0 aliphatic rings. The Bertz CT molecular complexity index is 1130. The number of hydrogen-bond donors (Lipinski definition) is 2. The van der Waals surface area contributed by atoms with Crippen molar-refractivity contribution in [2.75, 3.05) is 15.8 Å². The van der Waals surface area contributed by atoms with Crippen molar-refractivity contribution >= 4 is 39.1 Å². The fraction of sp³-hybridized carbons (Fsp3) is 0.174. The third kappa shape index (κ3) is 6.11. The lowest BCUT2D eigenvalue weighted by atomic mass is 10.1. The number of carbonyl (C=O) groups is 1. The monoisotopic (exact) mass is 440 g/mol. The van der Waals surface area contributed by atoms with Gasteiger partial charge in [-0.15, -0.1) is 11.8 Å². The molecule has 5 nitrogen and oxygen atoms in total. The van der Waals surface area contributed by atoms with Crippen molar-refractivity contribution in [3.05, 3.63) is 89.5 Å². The SMILES string of the molecule is Cc1cccc(NS(=O)(=O)c2ccc(NC(=O)CSCc3ccccc3C)cc2)c1. The minimum absolute atomic E-state index is 0.123. The highest BCUT2D eigenvalue weighted by molar-refractivity contribution is 7.99. The van der Waals surface area contributed by atoms with Crippen LogP contribution in [0.1, 0.15) is 16.7 Å². The lowest BCUT2D eigenvalue weighted by molar-refractivity contribution is -0.113. The average Bonchev–Trinajstić information content (AvgIpc) is 2.69. The van der Waals surface area contributed by atoms with E-state index in [1.807, 2.05) is 25.1 Å². The molecule has 3 rings (SSSR count). The number of amides is 1. The number of rotatable bonds is 8. The van der Waals surface area contributed by atoms with Crippen LogP contribution in [0.25, 0.3) is 0 Å². The van der Waals surface area contributed by atoms with E-state index in [9.17, 15) is 13.2 Å². The van der Waals surface area contributed by atoms with Gasteiger partial charge in [-0.25, -0.2) is 8.42 Å². The van der Waals surface area contributed by atoms with Crippen molar-refractivity contribution in [3.63, 3.8) is 0 Å². The van der Waals surface area contributed by atoms with E-state index in [0.717, 1.165) is 11.3 Å². The lowest BCUT2D eigenvalue weighted by Gasteiger charge is -2.10. The normalized spacial score (nSPS) is 11.1. The zero-order valence-corrected chi connectivity index (χ0v) is 18.5. The molecular formula is C23H24N2O3S2. The zero-order chi connectivity index (χ0) is 21.6. The molecule has 156 valence electrons. The molecule has 0 aliphatic carbocycles. The van der Waals surface area contributed by atoms with E-state index in [1.54, 1.807) is 30.3 Å². The van der Waals surface area contributed by atoms with Crippen molar-refractivity contribution in [1.29, 1.82) is 0 Å². The molecule has 0 unspecified atom stereocenters. The van der Waals surface area contributed by atoms with Gasteiger partial charge in [0.25, 0.3) is 10.0 Å². The van der Waals surface area contributed by atoms with Gasteiger partial charge >= 0.3 is 0 Å². The Labute approximate surface area is 182 Å². The topological polar surface area (TPSA) is 75.3 Å². The standard InChI is InChI=1S/C23H24N2O3S2/c1-17-6-5-9-21(14-17)25-30(27,28)22-12-10-20(11-13-22)24-23(26)16-29-15-19-8-4-3-7-18(19)2/h3-14,25H,15-16H2,1-2H3,(H,24,26). The number of benzene rings is 3. The third-order valence-electron chi connectivity index (χ3n) is 4.47.